The number of aliphatic hydroxyl groups excluding tert-OH is 2. The monoisotopic (exact) mass is 316 g/mol. The van der Waals surface area contributed by atoms with Gasteiger partial charge in [0.2, 0.25) is 0 Å². The van der Waals surface area contributed by atoms with E-state index in [1.807, 2.05) is 0 Å². The predicted molar refractivity (Wildman–Crippen MR) is 86.8 cm³/mol. The number of hydrogen-bond donors (Lipinski definition) is 4. The lowest BCUT2D eigenvalue weighted by molar-refractivity contribution is -0.133. The van der Waals surface area contributed by atoms with Gasteiger partial charge in [0, 0.05) is 11.1 Å². The maximum Gasteiger partial charge on any atom is 0.330 e. The Balaban J connectivity index is -0.000000261. The second kappa shape index (κ2) is 17.0. The Kier molecular flexibility index (Phi) is 19.2. The summed E-state index contributed by atoms with van der Waals surface area (Å²) in [6.45, 7) is 11.1. The van der Waals surface area contributed by atoms with Gasteiger partial charge in [0.15, 0.2) is 0 Å². The van der Waals surface area contributed by atoms with E-state index in [1.165, 1.54) is 26.7 Å². The summed E-state index contributed by atoms with van der Waals surface area (Å²) in [7, 11) is 0. The van der Waals surface area contributed by atoms with Crippen LogP contribution in [0.4, 0.5) is 0 Å². The predicted octanol–water partition coefficient (Wildman–Crippen LogP) is 3.30. The highest BCUT2D eigenvalue weighted by molar-refractivity contribution is 5.85. The van der Waals surface area contributed by atoms with Crippen LogP contribution in [0.15, 0.2) is 36.1 Å². The lowest BCUT2D eigenvalue weighted by atomic mass is 10.2. The quantitative estimate of drug-likeness (QED) is 0.325. The van der Waals surface area contributed by atoms with Crippen LogP contribution in [0, 0.1) is 0 Å². The van der Waals surface area contributed by atoms with E-state index in [1.54, 1.807) is 6.08 Å². The standard InChI is InChI=1S/C8H16O2.2C4H6O2/c1-2-3-4-5-6-8(10)7-9;2*1-3(2)4(5)6/h6,9-10H,2-5,7H2,1H3;2*1H2,2H3,(H,5,6). The van der Waals surface area contributed by atoms with E-state index < -0.39 is 11.9 Å². The largest absolute Gasteiger partial charge is 0.510 e. The summed E-state index contributed by atoms with van der Waals surface area (Å²) in [5.74, 6) is -1.78. The normalized spacial score (nSPS) is 9.55. The van der Waals surface area contributed by atoms with Gasteiger partial charge in [0.1, 0.15) is 5.76 Å². The van der Waals surface area contributed by atoms with Crippen molar-refractivity contribution >= 4 is 11.9 Å². The summed E-state index contributed by atoms with van der Waals surface area (Å²) < 4.78 is 0. The smallest absolute Gasteiger partial charge is 0.330 e. The molecule has 6 heteroatoms. The number of rotatable bonds is 7. The van der Waals surface area contributed by atoms with E-state index in [4.69, 9.17) is 20.4 Å². The minimum absolute atomic E-state index is 0.0936. The molecule has 4 N–H and O–H groups in total. The third-order valence-corrected chi connectivity index (χ3v) is 2.08. The van der Waals surface area contributed by atoms with Crippen molar-refractivity contribution < 1.29 is 30.0 Å². The molecular weight excluding hydrogens is 288 g/mol. The zero-order valence-electron chi connectivity index (χ0n) is 13.6. The molecule has 0 aromatic heterocycles. The first-order chi connectivity index (χ1) is 10.1. The Labute approximate surface area is 132 Å². The van der Waals surface area contributed by atoms with Crippen LogP contribution in [-0.4, -0.2) is 39.0 Å². The second-order valence-corrected chi connectivity index (χ2v) is 4.52. The number of unbranched alkanes of at least 4 members (excludes halogenated alkanes) is 3. The van der Waals surface area contributed by atoms with Gasteiger partial charge < -0.3 is 20.4 Å². The van der Waals surface area contributed by atoms with Crippen molar-refractivity contribution in [3.8, 4) is 0 Å². The van der Waals surface area contributed by atoms with Crippen molar-refractivity contribution in [2.45, 2.75) is 46.5 Å². The van der Waals surface area contributed by atoms with Crippen LogP contribution in [-0.2, 0) is 9.59 Å². The van der Waals surface area contributed by atoms with Crippen molar-refractivity contribution in [1.82, 2.24) is 0 Å². The molecule has 0 spiro atoms. The highest BCUT2D eigenvalue weighted by Crippen LogP contribution is 2.01. The number of allylic oxidation sites excluding steroid dienone is 1. The maximum atomic E-state index is 9.60. The molecule has 128 valence electrons. The summed E-state index contributed by atoms with van der Waals surface area (Å²) in [5, 5.41) is 32.9. The SMILES string of the molecule is C=C(C)C(=O)O.C=C(C)C(=O)O.CCCCCC=C(O)CO. The van der Waals surface area contributed by atoms with Gasteiger partial charge in [-0.05, 0) is 32.8 Å². The molecule has 0 bridgehead atoms. The fourth-order valence-corrected chi connectivity index (χ4v) is 0.728. The molecule has 0 aliphatic heterocycles. The second-order valence-electron chi connectivity index (χ2n) is 4.52. The summed E-state index contributed by atoms with van der Waals surface area (Å²) >= 11 is 0. The average molecular weight is 316 g/mol. The van der Waals surface area contributed by atoms with Crippen molar-refractivity contribution in [3.05, 3.63) is 36.1 Å². The molecule has 22 heavy (non-hydrogen) atoms. The Morgan fingerprint density at radius 2 is 1.32 bits per heavy atom. The van der Waals surface area contributed by atoms with Gasteiger partial charge in [-0.15, -0.1) is 0 Å². The first-order valence-corrected chi connectivity index (χ1v) is 6.86. The molecule has 6 nitrogen and oxygen atoms in total. The number of aliphatic carboxylic acids is 2. The molecule has 0 atom stereocenters. The van der Waals surface area contributed by atoms with Crippen molar-refractivity contribution in [3.63, 3.8) is 0 Å². The minimum atomic E-state index is -0.935. The van der Waals surface area contributed by atoms with Gasteiger partial charge in [-0.25, -0.2) is 9.59 Å². The van der Waals surface area contributed by atoms with Crippen LogP contribution in [0.3, 0.4) is 0 Å². The minimum Gasteiger partial charge on any atom is -0.510 e. The molecule has 0 unspecified atom stereocenters. The molecule has 0 aliphatic rings. The Morgan fingerprint density at radius 1 is 0.955 bits per heavy atom. The molecule has 0 amide bonds. The lowest BCUT2D eigenvalue weighted by Gasteiger charge is -1.93. The van der Waals surface area contributed by atoms with Gasteiger partial charge in [-0.3, -0.25) is 0 Å². The van der Waals surface area contributed by atoms with Gasteiger partial charge in [-0.2, -0.15) is 0 Å². The molecule has 0 aromatic rings. The van der Waals surface area contributed by atoms with Gasteiger partial charge in [0.05, 0.1) is 6.61 Å². The van der Waals surface area contributed by atoms with E-state index in [0.717, 1.165) is 12.8 Å². The molecule has 0 aromatic carbocycles. The van der Waals surface area contributed by atoms with Gasteiger partial charge in [-0.1, -0.05) is 32.9 Å². The summed E-state index contributed by atoms with van der Waals surface area (Å²) in [6.07, 6.45) is 6.03. The lowest BCUT2D eigenvalue weighted by Crippen LogP contribution is -1.92. The Morgan fingerprint density at radius 3 is 1.55 bits per heavy atom. The van der Waals surface area contributed by atoms with E-state index in [2.05, 4.69) is 20.1 Å². The number of aliphatic hydroxyl groups is 2. The number of carboxylic acid groups (broad SMARTS) is 2. The summed E-state index contributed by atoms with van der Waals surface area (Å²) in [5.41, 5.74) is 0.352. The van der Waals surface area contributed by atoms with Crippen LogP contribution >= 0.6 is 0 Å². The fraction of sp³-hybridized carbons (Fsp3) is 0.500. The molecule has 0 fully saturated rings. The van der Waals surface area contributed by atoms with E-state index in [9.17, 15) is 9.59 Å². The average Bonchev–Trinajstić information content (AvgIpc) is 2.44. The van der Waals surface area contributed by atoms with Crippen LogP contribution in [0.1, 0.15) is 46.5 Å². The molecule has 0 rings (SSSR count). The van der Waals surface area contributed by atoms with E-state index >= 15 is 0 Å². The van der Waals surface area contributed by atoms with Crippen molar-refractivity contribution in [1.29, 1.82) is 0 Å². The highest BCUT2D eigenvalue weighted by Gasteiger charge is 1.90. The topological polar surface area (TPSA) is 115 Å². The van der Waals surface area contributed by atoms with Crippen molar-refractivity contribution in [2.24, 2.45) is 0 Å². The molecule has 0 saturated carbocycles. The van der Waals surface area contributed by atoms with E-state index in [0.29, 0.717) is 0 Å². The first-order valence-electron chi connectivity index (χ1n) is 6.86. The molecule has 0 heterocycles. The molecule has 0 aliphatic carbocycles. The number of carboxylic acids is 2. The summed E-state index contributed by atoms with van der Waals surface area (Å²) in [6, 6.07) is 0. The van der Waals surface area contributed by atoms with Crippen LogP contribution in [0.25, 0.3) is 0 Å². The Hall–Kier alpha value is -2.08. The molecule has 0 radical (unpaired) electrons. The maximum absolute atomic E-state index is 9.60. The van der Waals surface area contributed by atoms with Crippen molar-refractivity contribution in [2.75, 3.05) is 6.61 Å². The van der Waals surface area contributed by atoms with Crippen LogP contribution < -0.4 is 0 Å². The van der Waals surface area contributed by atoms with Gasteiger partial charge in [0.25, 0.3) is 0 Å². The highest BCUT2D eigenvalue weighted by atomic mass is 16.4. The van der Waals surface area contributed by atoms with Gasteiger partial charge >= 0.3 is 11.9 Å². The third kappa shape index (κ3) is 26.5. The number of hydrogen-bond acceptors (Lipinski definition) is 4. The zero-order chi connectivity index (χ0) is 18.1. The third-order valence-electron chi connectivity index (χ3n) is 2.08. The molecular formula is C16H28O6. The zero-order valence-corrected chi connectivity index (χ0v) is 13.6. The Bertz CT molecular complexity index is 334. The number of carbonyl (C=O) groups is 2. The fourth-order valence-electron chi connectivity index (χ4n) is 0.728. The summed E-state index contributed by atoms with van der Waals surface area (Å²) in [4.78, 5) is 19.2. The first kappa shape index (κ1) is 24.9. The van der Waals surface area contributed by atoms with Crippen LogP contribution in [0.5, 0.6) is 0 Å². The van der Waals surface area contributed by atoms with Crippen LogP contribution in [0.2, 0.25) is 0 Å². The molecule has 0 saturated heterocycles. The van der Waals surface area contributed by atoms with E-state index in [-0.39, 0.29) is 23.5 Å².